The van der Waals surface area contributed by atoms with Crippen LogP contribution in [0.15, 0.2) is 70.9 Å². The Morgan fingerprint density at radius 1 is 1.12 bits per heavy atom. The molecule has 9 heteroatoms. The minimum absolute atomic E-state index is 0.294. The maximum absolute atomic E-state index is 12.1. The van der Waals surface area contributed by atoms with Crippen molar-refractivity contribution in [2.75, 3.05) is 13.1 Å². The van der Waals surface area contributed by atoms with Gasteiger partial charge in [0.05, 0.1) is 12.2 Å². The number of nitrogens with one attached hydrogen (secondary N) is 1. The van der Waals surface area contributed by atoms with Crippen LogP contribution in [0.25, 0.3) is 5.57 Å². The monoisotopic (exact) mass is 499 g/mol. The van der Waals surface area contributed by atoms with Crippen LogP contribution >= 0.6 is 34.9 Å². The summed E-state index contributed by atoms with van der Waals surface area (Å²) in [6.45, 7) is 1.63. The number of hydrogen-bond acceptors (Lipinski definition) is 7. The first-order valence-corrected chi connectivity index (χ1v) is 13.0. The molecule has 3 aromatic rings. The third kappa shape index (κ3) is 5.63. The van der Waals surface area contributed by atoms with Gasteiger partial charge in [0.2, 0.25) is 0 Å². The molecule has 170 valence electrons. The van der Waals surface area contributed by atoms with Crippen molar-refractivity contribution in [3.8, 4) is 0 Å². The molecule has 4 heterocycles. The minimum atomic E-state index is -0.294. The molecule has 6 rings (SSSR count). The Hall–Kier alpha value is -2.26. The van der Waals surface area contributed by atoms with E-state index < -0.39 is 0 Å². The van der Waals surface area contributed by atoms with Gasteiger partial charge in [0.25, 0.3) is 0 Å². The molecule has 1 aromatic carbocycles. The van der Waals surface area contributed by atoms with Crippen molar-refractivity contribution < 1.29 is 4.39 Å². The molecule has 1 unspecified atom stereocenters. The number of amidine groups is 1. The van der Waals surface area contributed by atoms with E-state index in [2.05, 4.69) is 25.7 Å². The highest BCUT2D eigenvalue weighted by Gasteiger charge is 2.36. The molecule has 33 heavy (non-hydrogen) atoms. The maximum atomic E-state index is 12.1. The van der Waals surface area contributed by atoms with E-state index in [1.54, 1.807) is 23.5 Å². The van der Waals surface area contributed by atoms with Gasteiger partial charge in [-0.05, 0) is 43.2 Å². The lowest BCUT2D eigenvalue weighted by molar-refractivity contribution is 0.544. The van der Waals surface area contributed by atoms with Gasteiger partial charge in [0, 0.05) is 58.3 Å². The van der Waals surface area contributed by atoms with Gasteiger partial charge in [-0.25, -0.2) is 9.37 Å². The predicted octanol–water partition coefficient (Wildman–Crippen LogP) is 5.66. The average molecular weight is 500 g/mol. The van der Waals surface area contributed by atoms with Crippen molar-refractivity contribution in [3.05, 3.63) is 87.5 Å². The second-order valence-electron chi connectivity index (χ2n) is 8.00. The minimum Gasteiger partial charge on any atom is -0.326 e. The number of halogens is 2. The van der Waals surface area contributed by atoms with Crippen LogP contribution in [-0.4, -0.2) is 45.1 Å². The highest BCUT2D eigenvalue weighted by molar-refractivity contribution is 7.98. The van der Waals surface area contributed by atoms with Crippen LogP contribution in [0.4, 0.5) is 4.39 Å². The van der Waals surface area contributed by atoms with Gasteiger partial charge < -0.3 is 4.90 Å². The zero-order valence-corrected chi connectivity index (χ0v) is 20.2. The molecule has 1 N–H and O–H groups in total. The molecule has 1 aliphatic carbocycles. The molecule has 2 aromatic heterocycles. The van der Waals surface area contributed by atoms with Crippen molar-refractivity contribution in [1.29, 1.82) is 0 Å². The van der Waals surface area contributed by atoms with Crippen molar-refractivity contribution in [1.82, 2.24) is 19.6 Å². The van der Waals surface area contributed by atoms with Crippen LogP contribution in [0.2, 0.25) is 5.02 Å². The summed E-state index contributed by atoms with van der Waals surface area (Å²) in [5.41, 5.74) is 3.65. The molecule has 5 nitrogen and oxygen atoms in total. The summed E-state index contributed by atoms with van der Waals surface area (Å²) in [7, 11) is 0. The summed E-state index contributed by atoms with van der Waals surface area (Å²) in [6.07, 6.45) is 7.44. The Labute approximate surface area is 206 Å². The Morgan fingerprint density at radius 3 is 2.70 bits per heavy atom. The molecular weight excluding hydrogens is 477 g/mol. The third-order valence-electron chi connectivity index (χ3n) is 5.47. The van der Waals surface area contributed by atoms with Gasteiger partial charge in [0.1, 0.15) is 5.82 Å². The van der Waals surface area contributed by atoms with Crippen molar-refractivity contribution >= 4 is 46.3 Å². The van der Waals surface area contributed by atoms with Crippen LogP contribution in [-0.2, 0) is 0 Å². The fourth-order valence-corrected chi connectivity index (χ4v) is 5.52. The van der Waals surface area contributed by atoms with Gasteiger partial charge >= 0.3 is 0 Å². The zero-order chi connectivity index (χ0) is 22.6. The Bertz CT molecular complexity index is 1130. The van der Waals surface area contributed by atoms with Gasteiger partial charge in [-0.3, -0.25) is 14.7 Å². The molecular formula is C24H23ClFN5S2. The fourth-order valence-electron chi connectivity index (χ4n) is 3.77. The molecule has 0 radical (unpaired) electrons. The average Bonchev–Trinajstić information content (AvgIpc) is 3.30. The third-order valence-corrected chi connectivity index (χ3v) is 7.75. The largest absolute Gasteiger partial charge is 0.326 e. The normalized spacial score (nSPS) is 19.6. The highest BCUT2D eigenvalue weighted by atomic mass is 35.5. The summed E-state index contributed by atoms with van der Waals surface area (Å²) in [5, 5.41) is 4.27. The van der Waals surface area contributed by atoms with Crippen molar-refractivity contribution in [2.45, 2.75) is 30.6 Å². The lowest BCUT2D eigenvalue weighted by atomic mass is 10.1. The first kappa shape index (κ1) is 22.5. The van der Waals surface area contributed by atoms with E-state index in [1.165, 1.54) is 36.2 Å². The Balaban J connectivity index is 0.000000243. The van der Waals surface area contributed by atoms with E-state index in [-0.39, 0.29) is 5.82 Å². The maximum Gasteiger partial charge on any atom is 0.165 e. The lowest BCUT2D eigenvalue weighted by Crippen LogP contribution is -2.35. The number of hydrogen-bond donors (Lipinski definition) is 1. The Kier molecular flexibility index (Phi) is 7.06. The molecule has 1 atom stereocenters. The zero-order valence-electron chi connectivity index (χ0n) is 17.8. The van der Waals surface area contributed by atoms with Crippen LogP contribution in [0.5, 0.6) is 0 Å². The quantitative estimate of drug-likeness (QED) is 0.459. The molecule has 1 saturated carbocycles. The highest BCUT2D eigenvalue weighted by Crippen LogP contribution is 2.37. The molecule has 0 amide bonds. The van der Waals surface area contributed by atoms with Crippen LogP contribution < -0.4 is 4.72 Å². The molecule has 2 fully saturated rings. The number of benzene rings is 1. The molecule has 0 spiro atoms. The van der Waals surface area contributed by atoms with E-state index in [1.807, 2.05) is 41.9 Å². The number of rotatable bonds is 5. The van der Waals surface area contributed by atoms with Crippen molar-refractivity contribution in [3.63, 3.8) is 0 Å². The van der Waals surface area contributed by atoms with E-state index in [0.29, 0.717) is 17.6 Å². The summed E-state index contributed by atoms with van der Waals surface area (Å²) >= 11 is 8.98. The van der Waals surface area contributed by atoms with Gasteiger partial charge in [-0.15, -0.1) is 11.3 Å². The van der Waals surface area contributed by atoms with E-state index in [0.717, 1.165) is 34.8 Å². The molecule has 0 bridgehead atoms. The predicted molar refractivity (Wildman–Crippen MR) is 135 cm³/mol. The van der Waals surface area contributed by atoms with Crippen LogP contribution in [0.1, 0.15) is 30.0 Å². The molecule has 2 aliphatic heterocycles. The number of fused-ring (bicyclic) bond motifs is 1. The first-order chi connectivity index (χ1) is 16.2. The number of nitrogens with zero attached hydrogens (tertiary/aromatic N) is 4. The SMILES string of the molecule is Fc1cccc(Cl)c1.c1ccc(C2=C3CC(NSC4CC4)CN3C(c3nccs3)=NC2)nc1. The van der Waals surface area contributed by atoms with Crippen LogP contribution in [0, 0.1) is 5.82 Å². The number of thiazole rings is 1. The fraction of sp³-hybridized carbons (Fsp3) is 0.292. The van der Waals surface area contributed by atoms with Gasteiger partial charge in [0.15, 0.2) is 10.8 Å². The smallest absolute Gasteiger partial charge is 0.165 e. The summed E-state index contributed by atoms with van der Waals surface area (Å²) in [4.78, 5) is 16.3. The van der Waals surface area contributed by atoms with Crippen molar-refractivity contribution in [2.24, 2.45) is 4.99 Å². The number of pyridine rings is 1. The second-order valence-corrected chi connectivity index (χ2v) is 10.5. The van der Waals surface area contributed by atoms with E-state index in [9.17, 15) is 4.39 Å². The van der Waals surface area contributed by atoms with E-state index in [4.69, 9.17) is 16.6 Å². The summed E-state index contributed by atoms with van der Waals surface area (Å²) in [5.74, 6) is 0.725. The van der Waals surface area contributed by atoms with Crippen LogP contribution in [0.3, 0.4) is 0 Å². The summed E-state index contributed by atoms with van der Waals surface area (Å²) in [6, 6.07) is 12.4. The topological polar surface area (TPSA) is 53.4 Å². The number of aromatic nitrogens is 2. The summed E-state index contributed by atoms with van der Waals surface area (Å²) < 4.78 is 15.8. The standard InChI is InChI=1S/C18H19N5S2.C6H4ClF/c1-2-6-19-15(3-1)14-10-21-17(18-20-7-8-24-18)23-11-12(9-16(14)23)22-25-13-4-5-13;7-5-2-1-3-6(8)4-5/h1-3,6-8,12-13,22H,4-5,9-11H2;1-4H. The van der Waals surface area contributed by atoms with Gasteiger partial charge in [-0.2, -0.15) is 0 Å². The van der Waals surface area contributed by atoms with Gasteiger partial charge in [-0.1, -0.05) is 35.7 Å². The van der Waals surface area contributed by atoms with E-state index >= 15 is 0 Å². The lowest BCUT2D eigenvalue weighted by Gasteiger charge is -2.27. The molecule has 1 saturated heterocycles. The Morgan fingerprint density at radius 2 is 2.03 bits per heavy atom. The number of aliphatic imine (C=N–C) groups is 1. The second kappa shape index (κ2) is 10.3. The first-order valence-electron chi connectivity index (χ1n) is 10.8. The molecule has 3 aliphatic rings.